The summed E-state index contributed by atoms with van der Waals surface area (Å²) >= 11 is 6.43. The lowest BCUT2D eigenvalue weighted by atomic mass is 9.95. The minimum absolute atomic E-state index is 0.0679. The highest BCUT2D eigenvalue weighted by Gasteiger charge is 2.32. The lowest BCUT2D eigenvalue weighted by Crippen LogP contribution is -2.53. The number of pyridine rings is 1. The highest BCUT2D eigenvalue weighted by Crippen LogP contribution is 2.33. The van der Waals surface area contributed by atoms with Gasteiger partial charge in [-0.1, -0.05) is 11.6 Å². The number of hydrogen-bond donors (Lipinski definition) is 0. The second-order valence-electron chi connectivity index (χ2n) is 9.31. The summed E-state index contributed by atoms with van der Waals surface area (Å²) in [6, 6.07) is 9.14. The van der Waals surface area contributed by atoms with Crippen molar-refractivity contribution in [3.63, 3.8) is 0 Å². The summed E-state index contributed by atoms with van der Waals surface area (Å²) in [4.78, 5) is 33.7. The zero-order valence-corrected chi connectivity index (χ0v) is 19.9. The van der Waals surface area contributed by atoms with E-state index < -0.39 is 0 Å². The molecule has 6 nitrogen and oxygen atoms in total. The van der Waals surface area contributed by atoms with Gasteiger partial charge in [-0.2, -0.15) is 5.26 Å². The topological polar surface area (TPSA) is 77.3 Å². The van der Waals surface area contributed by atoms with Crippen LogP contribution in [-0.4, -0.2) is 52.2 Å². The smallest absolute Gasteiger partial charge is 0.223 e. The van der Waals surface area contributed by atoms with Gasteiger partial charge in [0.1, 0.15) is 11.8 Å². The van der Waals surface area contributed by atoms with Crippen LogP contribution in [0.4, 0.5) is 0 Å². The lowest BCUT2D eigenvalue weighted by molar-refractivity contribution is -0.136. The maximum Gasteiger partial charge on any atom is 0.223 e. The summed E-state index contributed by atoms with van der Waals surface area (Å²) in [5.41, 5.74) is 3.76. The van der Waals surface area contributed by atoms with Crippen molar-refractivity contribution in [2.75, 3.05) is 19.6 Å². The van der Waals surface area contributed by atoms with E-state index in [1.807, 2.05) is 30.0 Å². The number of ketones is 1. The molecule has 1 aromatic heterocycles. The SMILES string of the molecule is Cc1c(CC(=O)c2ccnc(C#N)c2)cc(Cl)cc1CN1CCN(C(=O)CC2CC2)[C@@H](C)C1. The van der Waals surface area contributed by atoms with E-state index in [1.54, 1.807) is 6.07 Å². The Kier molecular flexibility index (Phi) is 7.11. The van der Waals surface area contributed by atoms with Crippen molar-refractivity contribution in [1.82, 2.24) is 14.8 Å². The first-order chi connectivity index (χ1) is 15.8. The number of nitrogens with zero attached hydrogens (tertiary/aromatic N) is 4. The average Bonchev–Trinajstić information content (AvgIpc) is 3.61. The number of rotatable bonds is 7. The van der Waals surface area contributed by atoms with Crippen LogP contribution in [0.1, 0.15) is 58.9 Å². The minimum Gasteiger partial charge on any atom is -0.337 e. The number of carbonyl (C=O) groups is 2. The molecule has 1 atom stereocenters. The Labute approximate surface area is 200 Å². The third-order valence-electron chi connectivity index (χ3n) is 6.72. The number of Topliss-reactive ketones (excluding diaryl/α,β-unsaturated/α-hetero) is 1. The van der Waals surface area contributed by atoms with Crippen molar-refractivity contribution in [2.24, 2.45) is 5.92 Å². The standard InChI is InChI=1S/C26H29ClN4O2/c1-17-15-30(7-8-31(17)26(33)9-19-3-4-19)16-22-11-23(27)10-21(18(22)2)13-25(32)20-5-6-29-24(12-20)14-28/h5-6,10-12,17,19H,3-4,7-9,13,15-16H2,1-2H3/t17-/m0/s1. The maximum atomic E-state index is 12.8. The number of nitriles is 1. The molecule has 2 heterocycles. The van der Waals surface area contributed by atoms with Crippen LogP contribution >= 0.6 is 11.6 Å². The summed E-state index contributed by atoms with van der Waals surface area (Å²) in [5.74, 6) is 0.832. The van der Waals surface area contributed by atoms with E-state index in [4.69, 9.17) is 16.9 Å². The van der Waals surface area contributed by atoms with E-state index in [-0.39, 0.29) is 23.9 Å². The van der Waals surface area contributed by atoms with Gasteiger partial charge in [0.2, 0.25) is 5.91 Å². The van der Waals surface area contributed by atoms with Gasteiger partial charge in [-0.25, -0.2) is 4.98 Å². The van der Waals surface area contributed by atoms with Gasteiger partial charge in [0.15, 0.2) is 5.78 Å². The van der Waals surface area contributed by atoms with Gasteiger partial charge >= 0.3 is 0 Å². The highest BCUT2D eigenvalue weighted by molar-refractivity contribution is 6.30. The summed E-state index contributed by atoms with van der Waals surface area (Å²) in [6.07, 6.45) is 4.79. The monoisotopic (exact) mass is 464 g/mol. The highest BCUT2D eigenvalue weighted by atomic mass is 35.5. The first kappa shape index (κ1) is 23.4. The second kappa shape index (κ2) is 10.0. The molecule has 0 spiro atoms. The Bertz CT molecular complexity index is 1110. The van der Waals surface area contributed by atoms with Crippen molar-refractivity contribution >= 4 is 23.3 Å². The Morgan fingerprint density at radius 3 is 2.67 bits per heavy atom. The predicted octanol–water partition coefficient (Wildman–Crippen LogP) is 4.17. The minimum atomic E-state index is -0.0679. The fourth-order valence-corrected chi connectivity index (χ4v) is 4.82. The second-order valence-corrected chi connectivity index (χ2v) is 9.75. The van der Waals surface area contributed by atoms with Crippen LogP contribution in [0.3, 0.4) is 0 Å². The molecule has 1 saturated carbocycles. The number of piperazine rings is 1. The molecule has 2 aliphatic rings. The van der Waals surface area contributed by atoms with Crippen LogP contribution in [0, 0.1) is 24.2 Å². The molecule has 4 rings (SSSR count). The molecule has 1 aliphatic carbocycles. The molecule has 1 amide bonds. The van der Waals surface area contributed by atoms with Crippen molar-refractivity contribution in [1.29, 1.82) is 5.26 Å². The summed E-state index contributed by atoms with van der Waals surface area (Å²) in [6.45, 7) is 7.29. The Hall–Kier alpha value is -2.75. The molecule has 1 aromatic carbocycles. The molecule has 1 aliphatic heterocycles. The summed E-state index contributed by atoms with van der Waals surface area (Å²) in [5, 5.41) is 9.65. The number of halogens is 1. The fraction of sp³-hybridized carbons (Fsp3) is 0.462. The third kappa shape index (κ3) is 5.79. The van der Waals surface area contributed by atoms with Crippen LogP contribution in [0.15, 0.2) is 30.5 Å². The van der Waals surface area contributed by atoms with Gasteiger partial charge in [0.05, 0.1) is 0 Å². The largest absolute Gasteiger partial charge is 0.337 e. The predicted molar refractivity (Wildman–Crippen MR) is 127 cm³/mol. The van der Waals surface area contributed by atoms with Gasteiger partial charge in [0, 0.05) is 61.8 Å². The number of hydrogen-bond acceptors (Lipinski definition) is 5. The zero-order valence-electron chi connectivity index (χ0n) is 19.2. The molecule has 33 heavy (non-hydrogen) atoms. The molecule has 7 heteroatoms. The molecular weight excluding hydrogens is 436 g/mol. The lowest BCUT2D eigenvalue weighted by Gasteiger charge is -2.40. The van der Waals surface area contributed by atoms with Gasteiger partial charge < -0.3 is 4.90 Å². The summed E-state index contributed by atoms with van der Waals surface area (Å²) in [7, 11) is 0. The summed E-state index contributed by atoms with van der Waals surface area (Å²) < 4.78 is 0. The van der Waals surface area contributed by atoms with Crippen molar-refractivity contribution < 1.29 is 9.59 Å². The van der Waals surface area contributed by atoms with E-state index in [0.29, 0.717) is 28.8 Å². The normalized spacial score (nSPS) is 18.7. The zero-order chi connectivity index (χ0) is 23.5. The van der Waals surface area contributed by atoms with E-state index in [1.165, 1.54) is 25.1 Å². The van der Waals surface area contributed by atoms with Gasteiger partial charge in [-0.05, 0) is 73.6 Å². The number of carbonyl (C=O) groups excluding carboxylic acids is 2. The molecule has 2 aromatic rings. The van der Waals surface area contributed by atoms with Crippen LogP contribution in [0.25, 0.3) is 0 Å². The average molecular weight is 465 g/mol. The van der Waals surface area contributed by atoms with Crippen molar-refractivity contribution in [2.45, 2.75) is 52.1 Å². The van der Waals surface area contributed by atoms with Crippen LogP contribution in [0.5, 0.6) is 0 Å². The Morgan fingerprint density at radius 1 is 1.21 bits per heavy atom. The molecule has 1 saturated heterocycles. The van der Waals surface area contributed by atoms with Gasteiger partial charge in [-0.3, -0.25) is 14.5 Å². The van der Waals surface area contributed by atoms with E-state index in [0.717, 1.165) is 42.9 Å². The molecule has 172 valence electrons. The quantitative estimate of drug-likeness (QED) is 0.574. The van der Waals surface area contributed by atoms with Crippen molar-refractivity contribution in [3.05, 3.63) is 63.4 Å². The van der Waals surface area contributed by atoms with E-state index in [9.17, 15) is 9.59 Å². The van der Waals surface area contributed by atoms with Crippen LogP contribution in [0.2, 0.25) is 5.02 Å². The van der Waals surface area contributed by atoms with E-state index in [2.05, 4.69) is 16.8 Å². The maximum absolute atomic E-state index is 12.8. The van der Waals surface area contributed by atoms with Crippen LogP contribution < -0.4 is 0 Å². The Balaban J connectivity index is 1.43. The fourth-order valence-electron chi connectivity index (χ4n) is 4.56. The molecule has 0 bridgehead atoms. The molecule has 2 fully saturated rings. The molecular formula is C26H29ClN4O2. The number of aromatic nitrogens is 1. The number of amides is 1. The van der Waals surface area contributed by atoms with Gasteiger partial charge in [0.25, 0.3) is 0 Å². The molecule has 0 radical (unpaired) electrons. The third-order valence-corrected chi connectivity index (χ3v) is 6.94. The Morgan fingerprint density at radius 2 is 1.97 bits per heavy atom. The molecule has 0 unspecified atom stereocenters. The molecule has 0 N–H and O–H groups in total. The first-order valence-corrected chi connectivity index (χ1v) is 11.9. The van der Waals surface area contributed by atoms with Crippen LogP contribution in [-0.2, 0) is 17.8 Å². The number of benzene rings is 1. The van der Waals surface area contributed by atoms with E-state index >= 15 is 0 Å². The van der Waals surface area contributed by atoms with Gasteiger partial charge in [-0.15, -0.1) is 0 Å². The van der Waals surface area contributed by atoms with Crippen molar-refractivity contribution in [3.8, 4) is 6.07 Å². The first-order valence-electron chi connectivity index (χ1n) is 11.5.